The maximum atomic E-state index is 4.37. The summed E-state index contributed by atoms with van der Waals surface area (Å²) in [7, 11) is 0. The van der Waals surface area contributed by atoms with Crippen molar-refractivity contribution < 1.29 is 0 Å². The zero-order chi connectivity index (χ0) is 11.4. The summed E-state index contributed by atoms with van der Waals surface area (Å²) in [4.78, 5) is 12.8. The van der Waals surface area contributed by atoms with Gasteiger partial charge in [-0.3, -0.25) is 0 Å². The van der Waals surface area contributed by atoms with E-state index in [1.54, 1.807) is 11.3 Å². The number of hydrogen-bond donors (Lipinski definition) is 1. The molecule has 0 aliphatic heterocycles. The topological polar surface area (TPSA) is 50.7 Å². The molecule has 2 heterocycles. The first kappa shape index (κ1) is 11.5. The van der Waals surface area contributed by atoms with Gasteiger partial charge in [0.1, 0.15) is 16.2 Å². The number of aryl methyl sites for hydroxylation is 1. The summed E-state index contributed by atoms with van der Waals surface area (Å²) in [5.41, 5.74) is 2.85. The van der Waals surface area contributed by atoms with Crippen LogP contribution < -0.4 is 5.32 Å². The minimum Gasteiger partial charge on any atom is -0.364 e. The first-order chi connectivity index (χ1) is 7.78. The average molecular weight is 299 g/mol. The van der Waals surface area contributed by atoms with Crippen LogP contribution in [0.25, 0.3) is 0 Å². The van der Waals surface area contributed by atoms with Gasteiger partial charge in [-0.1, -0.05) is 6.92 Å². The molecule has 2 aromatic rings. The zero-order valence-electron chi connectivity index (χ0n) is 8.77. The van der Waals surface area contributed by atoms with Crippen molar-refractivity contribution in [2.75, 3.05) is 5.32 Å². The lowest BCUT2D eigenvalue weighted by Crippen LogP contribution is -2.04. The summed E-state index contributed by atoms with van der Waals surface area (Å²) in [6, 6.07) is 1.87. The van der Waals surface area contributed by atoms with E-state index < -0.39 is 0 Å². The molecule has 1 N–H and O–H groups in total. The van der Waals surface area contributed by atoms with Gasteiger partial charge < -0.3 is 5.32 Å². The average Bonchev–Trinajstić information content (AvgIpc) is 2.78. The Morgan fingerprint density at radius 1 is 1.44 bits per heavy atom. The van der Waals surface area contributed by atoms with Gasteiger partial charge in [0.25, 0.3) is 0 Å². The number of aromatic nitrogens is 3. The van der Waals surface area contributed by atoms with Gasteiger partial charge in [-0.25, -0.2) is 15.0 Å². The van der Waals surface area contributed by atoms with Crippen molar-refractivity contribution in [1.82, 2.24) is 15.0 Å². The second-order valence-corrected chi connectivity index (χ2v) is 4.71. The normalized spacial score (nSPS) is 10.4. The maximum Gasteiger partial charge on any atom is 0.131 e. The Hall–Kier alpha value is -1.01. The van der Waals surface area contributed by atoms with E-state index in [9.17, 15) is 0 Å². The van der Waals surface area contributed by atoms with Crippen LogP contribution in [0, 0.1) is 0 Å². The standard InChI is InChI=1S/C10H11BrN4S/c1-2-9-14-8(11)3-10(15-9)12-4-7-5-16-6-13-7/h3,5-6H,2,4H2,1H3,(H,12,14,15). The van der Waals surface area contributed by atoms with Crippen LogP contribution >= 0.6 is 27.3 Å². The van der Waals surface area contributed by atoms with Gasteiger partial charge in [-0.2, -0.15) is 0 Å². The van der Waals surface area contributed by atoms with Crippen molar-refractivity contribution in [2.24, 2.45) is 0 Å². The molecule has 84 valence electrons. The Labute approximate surface area is 106 Å². The monoisotopic (exact) mass is 298 g/mol. The molecule has 6 heteroatoms. The highest BCUT2D eigenvalue weighted by Crippen LogP contribution is 2.13. The lowest BCUT2D eigenvalue weighted by Gasteiger charge is -2.05. The third-order valence-corrected chi connectivity index (χ3v) is 3.03. The molecule has 0 atom stereocenters. The smallest absolute Gasteiger partial charge is 0.131 e. The second kappa shape index (κ2) is 5.36. The first-order valence-electron chi connectivity index (χ1n) is 4.92. The second-order valence-electron chi connectivity index (χ2n) is 3.18. The summed E-state index contributed by atoms with van der Waals surface area (Å²) < 4.78 is 0.806. The highest BCUT2D eigenvalue weighted by atomic mass is 79.9. The summed E-state index contributed by atoms with van der Waals surface area (Å²) in [6.07, 6.45) is 0.824. The minimum atomic E-state index is 0.691. The van der Waals surface area contributed by atoms with Gasteiger partial charge >= 0.3 is 0 Å². The minimum absolute atomic E-state index is 0.691. The van der Waals surface area contributed by atoms with Crippen molar-refractivity contribution in [3.8, 4) is 0 Å². The molecule has 16 heavy (non-hydrogen) atoms. The van der Waals surface area contributed by atoms with Gasteiger partial charge in [0.2, 0.25) is 0 Å². The summed E-state index contributed by atoms with van der Waals surface area (Å²) in [5.74, 6) is 1.65. The van der Waals surface area contributed by atoms with Crippen molar-refractivity contribution in [2.45, 2.75) is 19.9 Å². The van der Waals surface area contributed by atoms with Crippen LogP contribution in [-0.2, 0) is 13.0 Å². The SMILES string of the molecule is CCc1nc(Br)cc(NCc2cscn2)n1. The molecule has 0 saturated carbocycles. The molecule has 0 aromatic carbocycles. The number of nitrogens with zero attached hydrogens (tertiary/aromatic N) is 3. The molecule has 2 aromatic heterocycles. The van der Waals surface area contributed by atoms with Gasteiger partial charge in [-0.15, -0.1) is 11.3 Å². The fourth-order valence-electron chi connectivity index (χ4n) is 1.22. The third-order valence-electron chi connectivity index (χ3n) is 1.99. The summed E-state index contributed by atoms with van der Waals surface area (Å²) in [6.45, 7) is 2.72. The molecular weight excluding hydrogens is 288 g/mol. The Morgan fingerprint density at radius 3 is 3.00 bits per heavy atom. The van der Waals surface area contributed by atoms with Crippen LogP contribution in [0.2, 0.25) is 0 Å². The molecule has 0 amide bonds. The Bertz CT molecular complexity index is 458. The molecule has 0 radical (unpaired) electrons. The van der Waals surface area contributed by atoms with Crippen LogP contribution in [0.3, 0.4) is 0 Å². The summed E-state index contributed by atoms with van der Waals surface area (Å²) in [5, 5.41) is 5.24. The lowest BCUT2D eigenvalue weighted by molar-refractivity contribution is 0.918. The van der Waals surface area contributed by atoms with E-state index in [1.165, 1.54) is 0 Å². The molecule has 0 saturated heterocycles. The van der Waals surface area contributed by atoms with Crippen molar-refractivity contribution in [1.29, 1.82) is 0 Å². The maximum absolute atomic E-state index is 4.37. The van der Waals surface area contributed by atoms with Crippen LogP contribution in [0.1, 0.15) is 18.4 Å². The van der Waals surface area contributed by atoms with Crippen LogP contribution in [0.5, 0.6) is 0 Å². The fraction of sp³-hybridized carbons (Fsp3) is 0.300. The molecule has 0 aliphatic carbocycles. The highest BCUT2D eigenvalue weighted by Gasteiger charge is 2.02. The lowest BCUT2D eigenvalue weighted by atomic mass is 10.4. The van der Waals surface area contributed by atoms with Gasteiger partial charge in [0, 0.05) is 17.9 Å². The predicted octanol–water partition coefficient (Wildman–Crippen LogP) is 2.87. The number of anilines is 1. The van der Waals surface area contributed by atoms with Crippen LogP contribution in [0.4, 0.5) is 5.82 Å². The van der Waals surface area contributed by atoms with Crippen LogP contribution in [-0.4, -0.2) is 15.0 Å². The van der Waals surface area contributed by atoms with Crippen molar-refractivity contribution in [3.63, 3.8) is 0 Å². The Morgan fingerprint density at radius 2 is 2.31 bits per heavy atom. The van der Waals surface area contributed by atoms with Crippen LogP contribution in [0.15, 0.2) is 21.6 Å². The molecule has 0 unspecified atom stereocenters. The van der Waals surface area contributed by atoms with Crippen molar-refractivity contribution >= 4 is 33.1 Å². The number of hydrogen-bond acceptors (Lipinski definition) is 5. The van der Waals surface area contributed by atoms with E-state index in [0.29, 0.717) is 6.54 Å². The number of rotatable bonds is 4. The highest BCUT2D eigenvalue weighted by molar-refractivity contribution is 9.10. The molecule has 2 rings (SSSR count). The molecule has 0 fully saturated rings. The summed E-state index contributed by atoms with van der Waals surface area (Å²) >= 11 is 4.96. The number of thiazole rings is 1. The third kappa shape index (κ3) is 2.99. The molecule has 4 nitrogen and oxygen atoms in total. The Kier molecular flexibility index (Phi) is 3.84. The number of halogens is 1. The molecule has 0 bridgehead atoms. The Balaban J connectivity index is 2.06. The van der Waals surface area contributed by atoms with Gasteiger partial charge in [0.05, 0.1) is 17.7 Å². The largest absolute Gasteiger partial charge is 0.364 e. The fourth-order valence-corrected chi connectivity index (χ4v) is 2.20. The van der Waals surface area contributed by atoms with E-state index >= 15 is 0 Å². The van der Waals surface area contributed by atoms with E-state index in [4.69, 9.17) is 0 Å². The van der Waals surface area contributed by atoms with Gasteiger partial charge in [0.15, 0.2) is 0 Å². The molecular formula is C10H11BrN4S. The van der Waals surface area contributed by atoms with E-state index in [0.717, 1.165) is 28.4 Å². The van der Waals surface area contributed by atoms with Gasteiger partial charge in [-0.05, 0) is 15.9 Å². The van der Waals surface area contributed by atoms with E-state index in [1.807, 2.05) is 23.9 Å². The zero-order valence-corrected chi connectivity index (χ0v) is 11.2. The van der Waals surface area contributed by atoms with E-state index in [2.05, 4.69) is 36.2 Å². The predicted molar refractivity (Wildman–Crippen MR) is 68.6 cm³/mol. The first-order valence-corrected chi connectivity index (χ1v) is 6.66. The molecule has 0 aliphatic rings. The van der Waals surface area contributed by atoms with Crippen molar-refractivity contribution in [3.05, 3.63) is 33.1 Å². The number of nitrogens with one attached hydrogen (secondary N) is 1. The van der Waals surface area contributed by atoms with E-state index in [-0.39, 0.29) is 0 Å². The molecule has 0 spiro atoms. The quantitative estimate of drug-likeness (QED) is 0.882.